The zero-order valence-electron chi connectivity index (χ0n) is 10.8. The number of hydrogen-bond acceptors (Lipinski definition) is 2. The quantitative estimate of drug-likeness (QED) is 0.616. The van der Waals surface area contributed by atoms with Crippen molar-refractivity contribution in [2.75, 3.05) is 20.1 Å². The van der Waals surface area contributed by atoms with Gasteiger partial charge in [0, 0.05) is 12.6 Å². The second-order valence-electron chi connectivity index (χ2n) is 4.09. The molecule has 0 spiro atoms. The first-order chi connectivity index (χ1) is 8.63. The Morgan fingerprint density at radius 3 is 2.50 bits per heavy atom. The van der Waals surface area contributed by atoms with E-state index >= 15 is 0 Å². The van der Waals surface area contributed by atoms with E-state index in [1.54, 1.807) is 0 Å². The molecular weight excluding hydrogens is 230 g/mol. The average molecular weight is 250 g/mol. The van der Waals surface area contributed by atoms with Crippen LogP contribution in [0.2, 0.25) is 0 Å². The Morgan fingerprint density at radius 1 is 1.22 bits per heavy atom. The number of likely N-dealkylation sites (N-methyl/N-ethyl adjacent to an activating group) is 1. The molecule has 0 aliphatic rings. The molecule has 0 bridgehead atoms. The van der Waals surface area contributed by atoms with Crippen LogP contribution in [0.3, 0.4) is 0 Å². The summed E-state index contributed by atoms with van der Waals surface area (Å²) >= 11 is 0. The molecular formula is C13H20N3O2+. The topological polar surface area (TPSA) is 74.8 Å². The summed E-state index contributed by atoms with van der Waals surface area (Å²) in [6, 6.07) is 10.2. The van der Waals surface area contributed by atoms with Crippen LogP contribution in [0.4, 0.5) is 0 Å². The van der Waals surface area contributed by atoms with Crippen LogP contribution >= 0.6 is 0 Å². The Bertz CT molecular complexity index is 392. The zero-order valence-corrected chi connectivity index (χ0v) is 10.8. The van der Waals surface area contributed by atoms with E-state index in [4.69, 9.17) is 0 Å². The molecule has 0 aliphatic carbocycles. The molecule has 1 aromatic rings. The molecule has 4 N–H and O–H groups in total. The lowest BCUT2D eigenvalue weighted by Gasteiger charge is -2.10. The maximum Gasteiger partial charge on any atom is 0.275 e. The van der Waals surface area contributed by atoms with Crippen molar-refractivity contribution < 1.29 is 14.9 Å². The Labute approximate surface area is 107 Å². The van der Waals surface area contributed by atoms with E-state index < -0.39 is 0 Å². The fraction of sp³-hybridized carbons (Fsp3) is 0.385. The summed E-state index contributed by atoms with van der Waals surface area (Å²) in [6.07, 6.45) is 0. The molecule has 0 aliphatic heterocycles. The monoisotopic (exact) mass is 250 g/mol. The third-order valence-electron chi connectivity index (χ3n) is 2.71. The summed E-state index contributed by atoms with van der Waals surface area (Å²) in [5.41, 5.74) is 1.18. The van der Waals surface area contributed by atoms with Gasteiger partial charge in [-0.25, -0.2) is 0 Å². The van der Waals surface area contributed by atoms with Crippen molar-refractivity contribution in [1.82, 2.24) is 10.6 Å². The number of nitrogens with two attached hydrogens (primary N) is 1. The highest BCUT2D eigenvalue weighted by Crippen LogP contribution is 2.05. The number of benzene rings is 1. The lowest BCUT2D eigenvalue weighted by Crippen LogP contribution is -2.87. The highest BCUT2D eigenvalue weighted by molar-refractivity contribution is 5.84. The van der Waals surface area contributed by atoms with Crippen LogP contribution < -0.4 is 16.0 Å². The van der Waals surface area contributed by atoms with Crippen molar-refractivity contribution in [1.29, 1.82) is 0 Å². The van der Waals surface area contributed by atoms with Gasteiger partial charge in [0.1, 0.15) is 6.04 Å². The number of carbonyl (C=O) groups is 2. The predicted octanol–water partition coefficient (Wildman–Crippen LogP) is -0.827. The Morgan fingerprint density at radius 2 is 1.89 bits per heavy atom. The van der Waals surface area contributed by atoms with E-state index in [1.165, 1.54) is 12.6 Å². The van der Waals surface area contributed by atoms with E-state index in [1.807, 2.05) is 42.6 Å². The van der Waals surface area contributed by atoms with Gasteiger partial charge >= 0.3 is 0 Å². The number of quaternary nitrogens is 1. The van der Waals surface area contributed by atoms with Gasteiger partial charge in [0.2, 0.25) is 5.91 Å². The lowest BCUT2D eigenvalue weighted by atomic mass is 10.1. The summed E-state index contributed by atoms with van der Waals surface area (Å²) in [5, 5.41) is 6.94. The van der Waals surface area contributed by atoms with Crippen LogP contribution in [0.5, 0.6) is 0 Å². The van der Waals surface area contributed by atoms with Crippen LogP contribution in [-0.4, -0.2) is 32.0 Å². The highest BCUT2D eigenvalue weighted by atomic mass is 16.2. The molecule has 98 valence electrons. The van der Waals surface area contributed by atoms with Crippen molar-refractivity contribution in [3.63, 3.8) is 0 Å². The SMILES string of the molecule is CNC(=O)CNC(=O)C[NH2+][C@H](C)c1ccccc1. The summed E-state index contributed by atoms with van der Waals surface area (Å²) in [4.78, 5) is 22.4. The van der Waals surface area contributed by atoms with Crippen molar-refractivity contribution >= 4 is 11.8 Å². The normalized spacial score (nSPS) is 11.7. The van der Waals surface area contributed by atoms with E-state index in [9.17, 15) is 9.59 Å². The van der Waals surface area contributed by atoms with Crippen LogP contribution in [0.25, 0.3) is 0 Å². The summed E-state index contributed by atoms with van der Waals surface area (Å²) in [6.45, 7) is 2.39. The molecule has 5 heteroatoms. The highest BCUT2D eigenvalue weighted by Gasteiger charge is 2.11. The van der Waals surface area contributed by atoms with Crippen LogP contribution in [0, 0.1) is 0 Å². The minimum Gasteiger partial charge on any atom is -0.358 e. The molecule has 5 nitrogen and oxygen atoms in total. The first-order valence-corrected chi connectivity index (χ1v) is 5.99. The summed E-state index contributed by atoms with van der Waals surface area (Å²) in [7, 11) is 1.54. The Kier molecular flexibility index (Phi) is 5.87. The van der Waals surface area contributed by atoms with Gasteiger partial charge in [-0.15, -0.1) is 0 Å². The minimum absolute atomic E-state index is 0.0306. The molecule has 1 rings (SSSR count). The second-order valence-corrected chi connectivity index (χ2v) is 4.09. The van der Waals surface area contributed by atoms with Gasteiger partial charge in [-0.05, 0) is 6.92 Å². The van der Waals surface area contributed by atoms with Crippen LogP contribution in [0.1, 0.15) is 18.5 Å². The van der Waals surface area contributed by atoms with Gasteiger partial charge in [0.05, 0.1) is 6.54 Å². The third kappa shape index (κ3) is 4.97. The largest absolute Gasteiger partial charge is 0.358 e. The van der Waals surface area contributed by atoms with Gasteiger partial charge < -0.3 is 16.0 Å². The van der Waals surface area contributed by atoms with Gasteiger partial charge in [0.15, 0.2) is 6.54 Å². The summed E-state index contributed by atoms with van der Waals surface area (Å²) < 4.78 is 0. The zero-order chi connectivity index (χ0) is 13.4. The second kappa shape index (κ2) is 7.45. The van der Waals surface area contributed by atoms with Crippen molar-refractivity contribution in [3.05, 3.63) is 35.9 Å². The third-order valence-corrected chi connectivity index (χ3v) is 2.71. The molecule has 2 amide bonds. The van der Waals surface area contributed by atoms with Gasteiger partial charge in [-0.2, -0.15) is 0 Å². The van der Waals surface area contributed by atoms with Gasteiger partial charge in [-0.3, -0.25) is 9.59 Å². The van der Waals surface area contributed by atoms with Crippen molar-refractivity contribution in [2.24, 2.45) is 0 Å². The molecule has 1 aromatic carbocycles. The standard InChI is InChI=1S/C13H19N3O2/c1-10(11-6-4-3-5-7-11)15-9-13(18)16-8-12(17)14-2/h3-7,10,15H,8-9H2,1-2H3,(H,14,17)(H,16,18)/p+1/t10-/m1/s1. The molecule has 0 radical (unpaired) electrons. The summed E-state index contributed by atoms with van der Waals surface area (Å²) in [5.74, 6) is -0.333. The van der Waals surface area contributed by atoms with E-state index in [0.29, 0.717) is 6.54 Å². The van der Waals surface area contributed by atoms with Gasteiger partial charge in [0.25, 0.3) is 5.91 Å². The van der Waals surface area contributed by atoms with Crippen LogP contribution in [-0.2, 0) is 9.59 Å². The molecule has 0 fully saturated rings. The Balaban J connectivity index is 2.28. The molecule has 0 unspecified atom stereocenters. The molecule has 0 heterocycles. The average Bonchev–Trinajstić information content (AvgIpc) is 2.42. The number of rotatable bonds is 6. The molecule has 0 aromatic heterocycles. The van der Waals surface area contributed by atoms with E-state index in [-0.39, 0.29) is 24.4 Å². The van der Waals surface area contributed by atoms with Crippen molar-refractivity contribution in [2.45, 2.75) is 13.0 Å². The number of nitrogens with one attached hydrogen (secondary N) is 2. The minimum atomic E-state index is -0.195. The van der Waals surface area contributed by atoms with E-state index in [2.05, 4.69) is 10.6 Å². The van der Waals surface area contributed by atoms with Crippen molar-refractivity contribution in [3.8, 4) is 0 Å². The first kappa shape index (κ1) is 14.2. The fourth-order valence-electron chi connectivity index (χ4n) is 1.52. The molecule has 0 saturated carbocycles. The lowest BCUT2D eigenvalue weighted by molar-refractivity contribution is -0.682. The molecule has 18 heavy (non-hydrogen) atoms. The first-order valence-electron chi connectivity index (χ1n) is 5.99. The van der Waals surface area contributed by atoms with E-state index in [0.717, 1.165) is 0 Å². The fourth-order valence-corrected chi connectivity index (χ4v) is 1.52. The van der Waals surface area contributed by atoms with Crippen LogP contribution in [0.15, 0.2) is 30.3 Å². The Hall–Kier alpha value is -1.88. The maximum absolute atomic E-state index is 11.5. The smallest absolute Gasteiger partial charge is 0.275 e. The van der Waals surface area contributed by atoms with Gasteiger partial charge in [-0.1, -0.05) is 30.3 Å². The number of hydrogen-bond donors (Lipinski definition) is 3. The predicted molar refractivity (Wildman–Crippen MR) is 68.7 cm³/mol. The maximum atomic E-state index is 11.5. The number of amides is 2. The molecule has 0 saturated heterocycles. The molecule has 1 atom stereocenters. The number of carbonyl (C=O) groups excluding carboxylic acids is 2.